The SMILES string of the molecule is O=S(=O)(/N=C(/c1ccccc1)N1CCc2ccccc2C1)c1ccc(F)cc1. The Morgan fingerprint density at radius 1 is 0.857 bits per heavy atom. The summed E-state index contributed by atoms with van der Waals surface area (Å²) in [6.45, 7) is 1.26. The van der Waals surface area contributed by atoms with Gasteiger partial charge in [0.1, 0.15) is 11.7 Å². The number of nitrogens with zero attached hydrogens (tertiary/aromatic N) is 2. The van der Waals surface area contributed by atoms with Crippen LogP contribution in [0.1, 0.15) is 16.7 Å². The van der Waals surface area contributed by atoms with Crippen LogP contribution in [-0.2, 0) is 23.0 Å². The fraction of sp³-hybridized carbons (Fsp3) is 0.136. The Bertz CT molecular complexity index is 1110. The summed E-state index contributed by atoms with van der Waals surface area (Å²) < 4.78 is 43.1. The smallest absolute Gasteiger partial charge is 0.284 e. The molecule has 0 N–H and O–H groups in total. The third-order valence-electron chi connectivity index (χ3n) is 4.78. The molecule has 0 bridgehead atoms. The van der Waals surface area contributed by atoms with Crippen LogP contribution in [0.3, 0.4) is 0 Å². The molecule has 0 unspecified atom stereocenters. The van der Waals surface area contributed by atoms with Crippen molar-refractivity contribution in [2.75, 3.05) is 6.54 Å². The van der Waals surface area contributed by atoms with E-state index in [9.17, 15) is 12.8 Å². The lowest BCUT2D eigenvalue weighted by Crippen LogP contribution is -2.37. The highest BCUT2D eigenvalue weighted by Gasteiger charge is 2.23. The Hall–Kier alpha value is -2.99. The third-order valence-corrected chi connectivity index (χ3v) is 6.06. The number of halogens is 1. The van der Waals surface area contributed by atoms with E-state index in [4.69, 9.17) is 0 Å². The van der Waals surface area contributed by atoms with Crippen molar-refractivity contribution in [3.05, 3.63) is 101 Å². The first-order valence-corrected chi connectivity index (χ1v) is 10.4. The van der Waals surface area contributed by atoms with Crippen LogP contribution in [0.5, 0.6) is 0 Å². The zero-order valence-electron chi connectivity index (χ0n) is 15.1. The molecule has 142 valence electrons. The van der Waals surface area contributed by atoms with Gasteiger partial charge in [0.05, 0.1) is 4.90 Å². The van der Waals surface area contributed by atoms with Crippen molar-refractivity contribution in [1.29, 1.82) is 0 Å². The first kappa shape index (κ1) is 18.4. The van der Waals surface area contributed by atoms with Gasteiger partial charge in [-0.1, -0.05) is 54.6 Å². The van der Waals surface area contributed by atoms with E-state index in [0.717, 1.165) is 29.7 Å². The number of amidine groups is 1. The second-order valence-corrected chi connectivity index (χ2v) is 8.25. The van der Waals surface area contributed by atoms with E-state index in [2.05, 4.69) is 16.5 Å². The van der Waals surface area contributed by atoms with Crippen LogP contribution in [0.15, 0.2) is 88.2 Å². The maximum atomic E-state index is 13.2. The molecule has 4 rings (SSSR count). The summed E-state index contributed by atoms with van der Waals surface area (Å²) in [5.74, 6) is -0.0849. The fourth-order valence-electron chi connectivity index (χ4n) is 3.33. The van der Waals surface area contributed by atoms with Gasteiger partial charge < -0.3 is 4.90 Å². The molecule has 3 aromatic carbocycles. The summed E-state index contributed by atoms with van der Waals surface area (Å²) in [5.41, 5.74) is 3.16. The number of hydrogen-bond acceptors (Lipinski definition) is 2. The molecule has 0 saturated carbocycles. The second kappa shape index (κ2) is 7.56. The van der Waals surface area contributed by atoms with Crippen LogP contribution in [0.4, 0.5) is 4.39 Å². The molecule has 1 aliphatic heterocycles. The van der Waals surface area contributed by atoms with Gasteiger partial charge in [-0.3, -0.25) is 0 Å². The summed E-state index contributed by atoms with van der Waals surface area (Å²) in [5, 5.41) is 0. The van der Waals surface area contributed by atoms with Gasteiger partial charge in [-0.25, -0.2) is 4.39 Å². The summed E-state index contributed by atoms with van der Waals surface area (Å²) >= 11 is 0. The molecule has 0 aromatic heterocycles. The van der Waals surface area contributed by atoms with Crippen LogP contribution in [0.25, 0.3) is 0 Å². The maximum Gasteiger partial charge on any atom is 0.284 e. The zero-order valence-corrected chi connectivity index (χ0v) is 15.9. The average molecular weight is 394 g/mol. The quantitative estimate of drug-likeness (QED) is 0.498. The fourth-order valence-corrected chi connectivity index (χ4v) is 4.36. The topological polar surface area (TPSA) is 49.7 Å². The summed E-state index contributed by atoms with van der Waals surface area (Å²) in [6.07, 6.45) is 0.818. The average Bonchev–Trinajstić information content (AvgIpc) is 2.73. The number of hydrogen-bond donors (Lipinski definition) is 0. The number of rotatable bonds is 3. The van der Waals surface area contributed by atoms with Crippen LogP contribution in [-0.4, -0.2) is 25.7 Å². The van der Waals surface area contributed by atoms with Crippen molar-refractivity contribution in [3.8, 4) is 0 Å². The molecule has 1 heterocycles. The van der Waals surface area contributed by atoms with Crippen molar-refractivity contribution in [3.63, 3.8) is 0 Å². The highest BCUT2D eigenvalue weighted by Crippen LogP contribution is 2.23. The number of sulfonamides is 1. The van der Waals surface area contributed by atoms with E-state index in [1.54, 1.807) is 0 Å². The molecule has 0 aliphatic carbocycles. The van der Waals surface area contributed by atoms with Crippen molar-refractivity contribution < 1.29 is 12.8 Å². The molecule has 0 atom stereocenters. The molecule has 0 amide bonds. The van der Waals surface area contributed by atoms with Gasteiger partial charge in [-0.05, 0) is 41.8 Å². The van der Waals surface area contributed by atoms with E-state index in [1.807, 2.05) is 47.4 Å². The largest absolute Gasteiger partial charge is 0.351 e. The standard InChI is InChI=1S/C22H19FN2O2S/c23-20-10-12-21(13-11-20)28(26,27)24-22(18-7-2-1-3-8-18)25-15-14-17-6-4-5-9-19(17)16-25/h1-13H,14-16H2/b24-22-. The Balaban J connectivity index is 1.77. The molecule has 0 spiro atoms. The lowest BCUT2D eigenvalue weighted by molar-refractivity contribution is 0.395. The monoisotopic (exact) mass is 394 g/mol. The highest BCUT2D eigenvalue weighted by molar-refractivity contribution is 7.90. The first-order valence-electron chi connectivity index (χ1n) is 9.01. The van der Waals surface area contributed by atoms with Crippen molar-refractivity contribution >= 4 is 15.9 Å². The van der Waals surface area contributed by atoms with Gasteiger partial charge >= 0.3 is 0 Å². The van der Waals surface area contributed by atoms with Gasteiger partial charge in [-0.2, -0.15) is 8.42 Å². The Labute approximate surface area is 164 Å². The second-order valence-electron chi connectivity index (χ2n) is 6.65. The number of fused-ring (bicyclic) bond motifs is 1. The predicted molar refractivity (Wildman–Crippen MR) is 107 cm³/mol. The van der Waals surface area contributed by atoms with Crippen molar-refractivity contribution in [2.45, 2.75) is 17.9 Å². The zero-order chi connectivity index (χ0) is 19.6. The lowest BCUT2D eigenvalue weighted by Gasteiger charge is -2.31. The Morgan fingerprint density at radius 3 is 2.21 bits per heavy atom. The molecule has 0 radical (unpaired) electrons. The Morgan fingerprint density at radius 2 is 1.50 bits per heavy atom. The molecular weight excluding hydrogens is 375 g/mol. The minimum atomic E-state index is -3.97. The molecule has 0 saturated heterocycles. The third kappa shape index (κ3) is 3.82. The molecule has 4 nitrogen and oxygen atoms in total. The van der Waals surface area contributed by atoms with Gasteiger partial charge in [0.15, 0.2) is 0 Å². The molecule has 0 fully saturated rings. The first-order chi connectivity index (χ1) is 13.5. The molecule has 28 heavy (non-hydrogen) atoms. The van der Waals surface area contributed by atoms with Crippen LogP contribution < -0.4 is 0 Å². The normalized spacial score (nSPS) is 14.6. The summed E-state index contributed by atoms with van der Waals surface area (Å²) in [7, 11) is -3.97. The summed E-state index contributed by atoms with van der Waals surface area (Å²) in [6, 6.07) is 22.2. The minimum Gasteiger partial charge on any atom is -0.351 e. The van der Waals surface area contributed by atoms with E-state index in [0.29, 0.717) is 18.9 Å². The molecule has 6 heteroatoms. The van der Waals surface area contributed by atoms with E-state index in [1.165, 1.54) is 17.7 Å². The predicted octanol–water partition coefficient (Wildman–Crippen LogP) is 4.02. The van der Waals surface area contributed by atoms with Gasteiger partial charge in [-0.15, -0.1) is 4.40 Å². The van der Waals surface area contributed by atoms with E-state index < -0.39 is 15.8 Å². The lowest BCUT2D eigenvalue weighted by atomic mass is 9.99. The molecule has 3 aromatic rings. The molecular formula is C22H19FN2O2S. The number of benzene rings is 3. The van der Waals surface area contributed by atoms with E-state index >= 15 is 0 Å². The Kier molecular flexibility index (Phi) is 4.96. The van der Waals surface area contributed by atoms with Gasteiger partial charge in [0.25, 0.3) is 10.0 Å². The highest BCUT2D eigenvalue weighted by atomic mass is 32.2. The minimum absolute atomic E-state index is 0.0280. The maximum absolute atomic E-state index is 13.2. The summed E-state index contributed by atoms with van der Waals surface area (Å²) in [4.78, 5) is 1.96. The van der Waals surface area contributed by atoms with Crippen molar-refractivity contribution in [1.82, 2.24) is 4.90 Å². The van der Waals surface area contributed by atoms with Gasteiger partial charge in [0, 0.05) is 18.7 Å². The van der Waals surface area contributed by atoms with Crippen LogP contribution in [0, 0.1) is 5.82 Å². The van der Waals surface area contributed by atoms with Gasteiger partial charge in [0.2, 0.25) is 0 Å². The molecule has 1 aliphatic rings. The van der Waals surface area contributed by atoms with E-state index in [-0.39, 0.29) is 4.90 Å². The van der Waals surface area contributed by atoms with Crippen LogP contribution >= 0.6 is 0 Å². The van der Waals surface area contributed by atoms with Crippen molar-refractivity contribution in [2.24, 2.45) is 4.40 Å². The van der Waals surface area contributed by atoms with Crippen LogP contribution in [0.2, 0.25) is 0 Å².